The maximum Gasteiger partial charge on any atom is 0.229 e. The second kappa shape index (κ2) is 11.6. The summed E-state index contributed by atoms with van der Waals surface area (Å²) in [6.07, 6.45) is 2.95. The van der Waals surface area contributed by atoms with E-state index in [-0.39, 0.29) is 12.1 Å². The fourth-order valence-corrected chi connectivity index (χ4v) is 7.15. The van der Waals surface area contributed by atoms with E-state index in [2.05, 4.69) is 68.6 Å². The Hall–Kier alpha value is -3.93. The number of aromatic nitrogens is 2. The zero-order chi connectivity index (χ0) is 30.3. The van der Waals surface area contributed by atoms with Crippen molar-refractivity contribution >= 4 is 44.4 Å². The number of pyridine rings is 1. The average Bonchev–Trinajstić information content (AvgIpc) is 3.49. The third-order valence-corrected chi connectivity index (χ3v) is 9.06. The number of benzene rings is 2. The van der Waals surface area contributed by atoms with E-state index >= 15 is 0 Å². The molecule has 0 radical (unpaired) electrons. The van der Waals surface area contributed by atoms with Crippen molar-refractivity contribution in [3.05, 3.63) is 101 Å². The molecule has 0 saturated carbocycles. The highest BCUT2D eigenvalue weighted by Crippen LogP contribution is 2.44. The van der Waals surface area contributed by atoms with Gasteiger partial charge in [-0.25, -0.2) is 8.42 Å². The Morgan fingerprint density at radius 3 is 2.30 bits per heavy atom. The molecule has 43 heavy (non-hydrogen) atoms. The van der Waals surface area contributed by atoms with Gasteiger partial charge in [0, 0.05) is 47.7 Å². The number of hydrogen-bond donors (Lipinski definition) is 2. The molecule has 0 unspecified atom stereocenters. The Kier molecular flexibility index (Phi) is 7.89. The highest BCUT2D eigenvalue weighted by Gasteiger charge is 2.42. The summed E-state index contributed by atoms with van der Waals surface area (Å²) in [4.78, 5) is 9.18. The third kappa shape index (κ3) is 5.84. The predicted octanol–water partition coefficient (Wildman–Crippen LogP) is 5.18. The molecule has 0 spiro atoms. The van der Waals surface area contributed by atoms with Gasteiger partial charge in [0.1, 0.15) is 0 Å². The van der Waals surface area contributed by atoms with Gasteiger partial charge in [0.2, 0.25) is 10.0 Å². The Balaban J connectivity index is 1.41. The second-order valence-corrected chi connectivity index (χ2v) is 13.3. The maximum atomic E-state index is 11.9. The molecule has 2 aliphatic heterocycles. The monoisotopic (exact) mass is 616 g/mol. The first-order chi connectivity index (χ1) is 20.6. The topological polar surface area (TPSA) is 91.7 Å². The molecular formula is C32H36N6O3S2. The summed E-state index contributed by atoms with van der Waals surface area (Å²) in [7, 11) is -3.41. The Labute approximate surface area is 258 Å². The van der Waals surface area contributed by atoms with Crippen molar-refractivity contribution in [3.63, 3.8) is 0 Å². The van der Waals surface area contributed by atoms with Gasteiger partial charge in [0.05, 0.1) is 42.9 Å². The molecule has 11 heteroatoms. The van der Waals surface area contributed by atoms with Gasteiger partial charge in [0.25, 0.3) is 0 Å². The fourth-order valence-electron chi connectivity index (χ4n) is 6.18. The molecule has 224 valence electrons. The zero-order valence-electron chi connectivity index (χ0n) is 24.7. The number of aryl methyl sites for hydroxylation is 2. The first-order valence-electron chi connectivity index (χ1n) is 14.3. The molecule has 2 N–H and O–H groups in total. The van der Waals surface area contributed by atoms with Gasteiger partial charge in [-0.2, -0.15) is 0 Å². The van der Waals surface area contributed by atoms with Crippen LogP contribution in [0.3, 0.4) is 0 Å². The molecule has 2 aromatic carbocycles. The smallest absolute Gasteiger partial charge is 0.229 e. The van der Waals surface area contributed by atoms with Crippen LogP contribution in [-0.2, 0) is 14.8 Å². The van der Waals surface area contributed by atoms with Crippen molar-refractivity contribution in [1.82, 2.24) is 14.9 Å². The van der Waals surface area contributed by atoms with Gasteiger partial charge in [-0.1, -0.05) is 6.07 Å². The van der Waals surface area contributed by atoms with E-state index in [0.29, 0.717) is 10.8 Å². The number of rotatable bonds is 7. The molecule has 0 amide bonds. The number of morpholine rings is 1. The van der Waals surface area contributed by atoms with E-state index < -0.39 is 10.0 Å². The Morgan fingerprint density at radius 1 is 0.953 bits per heavy atom. The Bertz CT molecular complexity index is 1750. The van der Waals surface area contributed by atoms with E-state index in [1.807, 2.05) is 37.3 Å². The lowest BCUT2D eigenvalue weighted by molar-refractivity contribution is 0.122. The van der Waals surface area contributed by atoms with Gasteiger partial charge >= 0.3 is 0 Å². The number of nitrogens with zero attached hydrogens (tertiary/aromatic N) is 4. The minimum atomic E-state index is -3.41. The summed E-state index contributed by atoms with van der Waals surface area (Å²) in [6, 6.07) is 22.2. The normalized spacial score (nSPS) is 19.0. The summed E-state index contributed by atoms with van der Waals surface area (Å²) in [6.45, 7) is 9.47. The molecule has 6 rings (SSSR count). The highest BCUT2D eigenvalue weighted by molar-refractivity contribution is 7.92. The molecule has 0 bridgehead atoms. The van der Waals surface area contributed by atoms with Crippen LogP contribution in [0, 0.1) is 20.8 Å². The van der Waals surface area contributed by atoms with Crippen LogP contribution in [0.1, 0.15) is 40.3 Å². The van der Waals surface area contributed by atoms with Crippen molar-refractivity contribution in [2.45, 2.75) is 32.9 Å². The van der Waals surface area contributed by atoms with E-state index in [1.165, 1.54) is 5.69 Å². The molecule has 2 fully saturated rings. The van der Waals surface area contributed by atoms with Gasteiger partial charge in [-0.15, -0.1) is 0 Å². The van der Waals surface area contributed by atoms with Crippen LogP contribution < -0.4 is 19.8 Å². The first kappa shape index (κ1) is 29.2. The SMILES string of the molecule is Cc1cc(N2C(=S)N[C@H](c3ccccn3)[C@@H]2c2cc(C)n(-c3ccc(N4CCOCC4)cc3)c2C)ccc1NS(C)(=O)=O. The average molecular weight is 617 g/mol. The van der Waals surface area contributed by atoms with Gasteiger partial charge in [-0.05, 0) is 105 Å². The molecule has 2 aliphatic rings. The molecule has 9 nitrogen and oxygen atoms in total. The van der Waals surface area contributed by atoms with Gasteiger partial charge in [0.15, 0.2) is 5.11 Å². The molecule has 4 heterocycles. The van der Waals surface area contributed by atoms with E-state index in [4.69, 9.17) is 21.9 Å². The quantitative estimate of drug-likeness (QED) is 0.275. The molecule has 0 aliphatic carbocycles. The fraction of sp³-hybridized carbons (Fsp3) is 0.312. The predicted molar refractivity (Wildman–Crippen MR) is 176 cm³/mol. The third-order valence-electron chi connectivity index (χ3n) is 8.15. The molecule has 4 aromatic rings. The minimum Gasteiger partial charge on any atom is -0.378 e. The number of hydrogen-bond acceptors (Lipinski definition) is 6. The van der Waals surface area contributed by atoms with E-state index in [1.54, 1.807) is 12.3 Å². The van der Waals surface area contributed by atoms with E-state index in [9.17, 15) is 8.42 Å². The van der Waals surface area contributed by atoms with Crippen LogP contribution in [-0.4, -0.2) is 55.6 Å². The van der Waals surface area contributed by atoms with Crippen molar-refractivity contribution < 1.29 is 13.2 Å². The lowest BCUT2D eigenvalue weighted by Crippen LogP contribution is -2.36. The standard InChI is InChI=1S/C32H36N6O3S2/c1-21-19-26(12-13-28(21)35-43(4,39)40)38-31(30(34-32(38)42)29-7-5-6-14-33-29)27-20-22(2)37(23(27)3)25-10-8-24(9-11-25)36-15-17-41-18-16-36/h5-14,19-20,30-31,35H,15-18H2,1-4H3,(H,34,42)/t30-,31+/m1/s1. The largest absolute Gasteiger partial charge is 0.378 e. The Morgan fingerprint density at radius 2 is 1.65 bits per heavy atom. The van der Waals surface area contributed by atoms with Gasteiger partial charge < -0.3 is 24.4 Å². The number of thiocarbonyl (C=S) groups is 1. The molecule has 2 saturated heterocycles. The molecule has 2 aromatic heterocycles. The number of sulfonamides is 1. The molecule has 2 atom stereocenters. The number of nitrogens with one attached hydrogen (secondary N) is 2. The van der Waals surface area contributed by atoms with Crippen molar-refractivity contribution in [1.29, 1.82) is 0 Å². The van der Waals surface area contributed by atoms with Crippen molar-refractivity contribution in [3.8, 4) is 5.69 Å². The second-order valence-electron chi connectivity index (χ2n) is 11.1. The van der Waals surface area contributed by atoms with Crippen LogP contribution >= 0.6 is 12.2 Å². The van der Waals surface area contributed by atoms with Gasteiger partial charge in [-0.3, -0.25) is 9.71 Å². The number of ether oxygens (including phenoxy) is 1. The van der Waals surface area contributed by atoms with Crippen LogP contribution in [0.15, 0.2) is 72.9 Å². The molecular weight excluding hydrogens is 581 g/mol. The van der Waals surface area contributed by atoms with Crippen LogP contribution in [0.25, 0.3) is 5.69 Å². The maximum absolute atomic E-state index is 11.9. The lowest BCUT2D eigenvalue weighted by atomic mass is 9.96. The summed E-state index contributed by atoms with van der Waals surface area (Å²) < 4.78 is 34.2. The summed E-state index contributed by atoms with van der Waals surface area (Å²) in [5.74, 6) is 0. The zero-order valence-corrected chi connectivity index (χ0v) is 26.4. The summed E-state index contributed by atoms with van der Waals surface area (Å²) >= 11 is 5.95. The van der Waals surface area contributed by atoms with Crippen LogP contribution in [0.4, 0.5) is 17.1 Å². The van der Waals surface area contributed by atoms with Crippen LogP contribution in [0.5, 0.6) is 0 Å². The van der Waals surface area contributed by atoms with E-state index in [0.717, 1.165) is 72.1 Å². The first-order valence-corrected chi connectivity index (χ1v) is 16.6. The summed E-state index contributed by atoms with van der Waals surface area (Å²) in [5, 5.41) is 4.12. The van der Waals surface area contributed by atoms with Crippen LogP contribution in [0.2, 0.25) is 0 Å². The van der Waals surface area contributed by atoms with Crippen molar-refractivity contribution in [2.24, 2.45) is 0 Å². The minimum absolute atomic E-state index is 0.192. The van der Waals surface area contributed by atoms with Crippen molar-refractivity contribution in [2.75, 3.05) is 47.1 Å². The summed E-state index contributed by atoms with van der Waals surface area (Å²) in [5.41, 5.74) is 8.78. The number of anilines is 3. The highest BCUT2D eigenvalue weighted by atomic mass is 32.2. The lowest BCUT2D eigenvalue weighted by Gasteiger charge is -2.29.